The van der Waals surface area contributed by atoms with Crippen LogP contribution in [0.1, 0.15) is 4.88 Å². The molecule has 2 rings (SSSR count). The van der Waals surface area contributed by atoms with Crippen LogP contribution in [0.2, 0.25) is 0 Å². The van der Waals surface area contributed by atoms with Crippen LogP contribution in [-0.2, 0) is 10.0 Å². The van der Waals surface area contributed by atoms with Gasteiger partial charge in [-0.25, -0.2) is 8.42 Å². The summed E-state index contributed by atoms with van der Waals surface area (Å²) in [5.74, 6) is 0. The summed E-state index contributed by atoms with van der Waals surface area (Å²) in [5, 5.41) is 8.74. The van der Waals surface area contributed by atoms with Crippen LogP contribution in [0.3, 0.4) is 0 Å². The van der Waals surface area contributed by atoms with Crippen LogP contribution in [0.4, 0.5) is 11.4 Å². The predicted octanol–water partition coefficient (Wildman–Crippen LogP) is 2.03. The molecule has 0 aliphatic heterocycles. The second-order valence-corrected chi connectivity index (χ2v) is 7.07. The van der Waals surface area contributed by atoms with Crippen LogP contribution in [0.25, 0.3) is 0 Å². The molecule has 0 aliphatic rings. The molecule has 7 heteroatoms. The zero-order chi connectivity index (χ0) is 14.0. The summed E-state index contributed by atoms with van der Waals surface area (Å²) >= 11 is 0.951. The Hall–Kier alpha value is -2.04. The molecule has 0 unspecified atom stereocenters. The van der Waals surface area contributed by atoms with Crippen molar-refractivity contribution in [3.63, 3.8) is 0 Å². The van der Waals surface area contributed by atoms with E-state index in [-0.39, 0.29) is 4.21 Å². The maximum absolute atomic E-state index is 12.3. The Morgan fingerprint density at radius 1 is 1.21 bits per heavy atom. The van der Waals surface area contributed by atoms with Crippen LogP contribution in [0.5, 0.6) is 0 Å². The molecule has 0 radical (unpaired) electrons. The van der Waals surface area contributed by atoms with E-state index >= 15 is 0 Å². The van der Waals surface area contributed by atoms with E-state index in [4.69, 9.17) is 11.0 Å². The zero-order valence-corrected chi connectivity index (χ0v) is 11.7. The lowest BCUT2D eigenvalue weighted by Crippen LogP contribution is -2.25. The summed E-state index contributed by atoms with van der Waals surface area (Å²) in [4.78, 5) is 0.365. The van der Waals surface area contributed by atoms with Crippen molar-refractivity contribution in [1.82, 2.24) is 0 Å². The number of anilines is 2. The van der Waals surface area contributed by atoms with Crippen molar-refractivity contribution in [2.45, 2.75) is 4.21 Å². The number of thiophene rings is 1. The topological polar surface area (TPSA) is 87.2 Å². The maximum Gasteiger partial charge on any atom is 0.273 e. The summed E-state index contributed by atoms with van der Waals surface area (Å²) < 4.78 is 26.0. The largest absolute Gasteiger partial charge is 0.399 e. The number of nitriles is 1. The SMILES string of the molecule is CN(c1ccc(N)cc1)S(=O)(=O)c1ccc(C#N)s1. The maximum atomic E-state index is 12.3. The van der Waals surface area contributed by atoms with E-state index < -0.39 is 10.0 Å². The minimum absolute atomic E-state index is 0.142. The van der Waals surface area contributed by atoms with E-state index in [1.54, 1.807) is 24.3 Å². The van der Waals surface area contributed by atoms with Crippen LogP contribution >= 0.6 is 11.3 Å². The van der Waals surface area contributed by atoms with Crippen molar-refractivity contribution in [2.24, 2.45) is 0 Å². The molecular weight excluding hydrogens is 282 g/mol. The van der Waals surface area contributed by atoms with Gasteiger partial charge in [-0.2, -0.15) is 5.26 Å². The summed E-state index contributed by atoms with van der Waals surface area (Å²) in [6.07, 6.45) is 0. The van der Waals surface area contributed by atoms with Crippen molar-refractivity contribution in [1.29, 1.82) is 5.26 Å². The minimum atomic E-state index is -3.63. The molecule has 1 heterocycles. The average molecular weight is 293 g/mol. The number of nitrogens with two attached hydrogens (primary N) is 1. The van der Waals surface area contributed by atoms with Crippen LogP contribution in [-0.4, -0.2) is 15.5 Å². The Kier molecular flexibility index (Phi) is 3.46. The van der Waals surface area contributed by atoms with Gasteiger partial charge in [0, 0.05) is 12.7 Å². The van der Waals surface area contributed by atoms with Gasteiger partial charge in [-0.1, -0.05) is 0 Å². The third kappa shape index (κ3) is 2.54. The smallest absolute Gasteiger partial charge is 0.273 e. The van der Waals surface area contributed by atoms with Gasteiger partial charge in [0.1, 0.15) is 15.2 Å². The molecule has 98 valence electrons. The van der Waals surface area contributed by atoms with Gasteiger partial charge in [0.15, 0.2) is 0 Å². The Morgan fingerprint density at radius 3 is 2.37 bits per heavy atom. The fourth-order valence-corrected chi connectivity index (χ4v) is 3.95. The summed E-state index contributed by atoms with van der Waals surface area (Å²) in [5.41, 5.74) is 6.65. The Balaban J connectivity index is 2.39. The number of hydrogen-bond donors (Lipinski definition) is 1. The van der Waals surface area contributed by atoms with Crippen LogP contribution < -0.4 is 10.0 Å². The first kappa shape index (κ1) is 13.4. The van der Waals surface area contributed by atoms with Crippen molar-refractivity contribution in [2.75, 3.05) is 17.1 Å². The normalized spacial score (nSPS) is 10.9. The molecule has 2 N–H and O–H groups in total. The van der Waals surface area contributed by atoms with Crippen molar-refractivity contribution >= 4 is 32.7 Å². The Bertz CT molecular complexity index is 727. The number of nitrogen functional groups attached to an aromatic ring is 1. The lowest BCUT2D eigenvalue weighted by molar-refractivity contribution is 0.596. The molecular formula is C12H11N3O2S2. The van der Waals surface area contributed by atoms with Gasteiger partial charge in [0.2, 0.25) is 0 Å². The molecule has 0 bridgehead atoms. The second kappa shape index (κ2) is 4.91. The average Bonchev–Trinajstić information content (AvgIpc) is 2.88. The van der Waals surface area contributed by atoms with Gasteiger partial charge in [-0.05, 0) is 36.4 Å². The van der Waals surface area contributed by atoms with E-state index in [0.29, 0.717) is 16.3 Å². The van der Waals surface area contributed by atoms with Gasteiger partial charge in [0.25, 0.3) is 10.0 Å². The molecule has 0 amide bonds. The van der Waals surface area contributed by atoms with Crippen LogP contribution in [0.15, 0.2) is 40.6 Å². The van der Waals surface area contributed by atoms with Gasteiger partial charge < -0.3 is 5.73 Å². The van der Waals surface area contributed by atoms with Crippen molar-refractivity contribution in [3.05, 3.63) is 41.3 Å². The molecule has 0 aliphatic carbocycles. The molecule has 5 nitrogen and oxygen atoms in total. The van der Waals surface area contributed by atoms with Gasteiger partial charge in [-0.3, -0.25) is 4.31 Å². The number of benzene rings is 1. The molecule has 0 fully saturated rings. The molecule has 0 spiro atoms. The highest BCUT2D eigenvalue weighted by atomic mass is 32.2. The van der Waals surface area contributed by atoms with E-state index in [1.165, 1.54) is 23.5 Å². The monoisotopic (exact) mass is 293 g/mol. The first-order valence-electron chi connectivity index (χ1n) is 5.29. The number of sulfonamides is 1. The zero-order valence-electron chi connectivity index (χ0n) is 10.1. The number of hydrogen-bond acceptors (Lipinski definition) is 5. The van der Waals surface area contributed by atoms with Gasteiger partial charge in [0.05, 0.1) is 5.69 Å². The lowest BCUT2D eigenvalue weighted by atomic mass is 10.3. The quantitative estimate of drug-likeness (QED) is 0.877. The first-order valence-corrected chi connectivity index (χ1v) is 7.55. The Labute approximate surface area is 115 Å². The van der Waals surface area contributed by atoms with Gasteiger partial charge >= 0.3 is 0 Å². The van der Waals surface area contributed by atoms with Crippen molar-refractivity contribution in [3.8, 4) is 6.07 Å². The first-order chi connectivity index (χ1) is 8.95. The summed E-state index contributed by atoms with van der Waals surface area (Å²) in [7, 11) is -2.17. The molecule has 1 aromatic heterocycles. The summed E-state index contributed by atoms with van der Waals surface area (Å²) in [6, 6.07) is 11.4. The number of rotatable bonds is 3. The fourth-order valence-electron chi connectivity index (χ4n) is 1.48. The number of nitrogens with zero attached hydrogens (tertiary/aromatic N) is 2. The highest BCUT2D eigenvalue weighted by Crippen LogP contribution is 2.27. The van der Waals surface area contributed by atoms with E-state index in [9.17, 15) is 8.42 Å². The van der Waals surface area contributed by atoms with Gasteiger partial charge in [-0.15, -0.1) is 11.3 Å². The van der Waals surface area contributed by atoms with E-state index in [0.717, 1.165) is 11.3 Å². The van der Waals surface area contributed by atoms with Crippen molar-refractivity contribution < 1.29 is 8.42 Å². The molecule has 0 atom stereocenters. The van der Waals surface area contributed by atoms with E-state index in [2.05, 4.69) is 0 Å². The third-order valence-corrected chi connectivity index (χ3v) is 5.81. The Morgan fingerprint density at radius 2 is 1.84 bits per heavy atom. The molecule has 0 saturated carbocycles. The van der Waals surface area contributed by atoms with E-state index in [1.807, 2.05) is 6.07 Å². The molecule has 0 saturated heterocycles. The minimum Gasteiger partial charge on any atom is -0.399 e. The second-order valence-electron chi connectivity index (χ2n) is 3.79. The lowest BCUT2D eigenvalue weighted by Gasteiger charge is -2.18. The molecule has 1 aromatic carbocycles. The standard InChI is InChI=1S/C12H11N3O2S2/c1-15(10-4-2-9(14)3-5-10)19(16,17)12-7-6-11(8-13)18-12/h2-7H,14H2,1H3. The third-order valence-electron chi connectivity index (χ3n) is 2.56. The highest BCUT2D eigenvalue weighted by Gasteiger charge is 2.23. The molecule has 2 aromatic rings. The van der Waals surface area contributed by atoms with Crippen LogP contribution in [0, 0.1) is 11.3 Å². The highest BCUT2D eigenvalue weighted by molar-refractivity contribution is 7.94. The summed E-state index contributed by atoms with van der Waals surface area (Å²) in [6.45, 7) is 0. The fraction of sp³-hybridized carbons (Fsp3) is 0.0833. The predicted molar refractivity (Wildman–Crippen MR) is 75.5 cm³/mol. The molecule has 19 heavy (non-hydrogen) atoms.